The lowest BCUT2D eigenvalue weighted by atomic mass is 10.1. The first kappa shape index (κ1) is 11.4. The van der Waals surface area contributed by atoms with Gasteiger partial charge in [-0.05, 0) is 18.4 Å². The molecule has 18 heavy (non-hydrogen) atoms. The van der Waals surface area contributed by atoms with Crippen molar-refractivity contribution in [3.8, 4) is 0 Å². The monoisotopic (exact) mass is 245 g/mol. The van der Waals surface area contributed by atoms with Crippen LogP contribution in [-0.2, 0) is 4.74 Å². The molecule has 5 heteroatoms. The van der Waals surface area contributed by atoms with Crippen LogP contribution in [0.2, 0.25) is 0 Å². The van der Waals surface area contributed by atoms with Crippen LogP contribution in [0.25, 0.3) is 0 Å². The third-order valence-corrected chi connectivity index (χ3v) is 3.10. The van der Waals surface area contributed by atoms with Crippen molar-refractivity contribution in [2.24, 2.45) is 5.73 Å². The van der Waals surface area contributed by atoms with E-state index in [0.717, 1.165) is 25.0 Å². The van der Waals surface area contributed by atoms with Crippen LogP contribution < -0.4 is 5.73 Å². The van der Waals surface area contributed by atoms with Crippen LogP contribution in [0.4, 0.5) is 0 Å². The Bertz CT molecular complexity index is 506. The summed E-state index contributed by atoms with van der Waals surface area (Å²) in [5.74, 6) is 1.04. The number of aromatic nitrogens is 2. The lowest BCUT2D eigenvalue weighted by molar-refractivity contribution is 0.103. The summed E-state index contributed by atoms with van der Waals surface area (Å²) in [5, 5.41) is 3.95. The van der Waals surface area contributed by atoms with E-state index in [0.29, 0.717) is 11.7 Å². The first-order valence-electron chi connectivity index (χ1n) is 6.10. The van der Waals surface area contributed by atoms with Gasteiger partial charge in [-0.1, -0.05) is 35.5 Å². The molecule has 1 aliphatic heterocycles. The minimum absolute atomic E-state index is 0.0366. The molecule has 1 fully saturated rings. The normalized spacial score (nSPS) is 21.1. The number of hydrogen-bond donors (Lipinski definition) is 1. The van der Waals surface area contributed by atoms with Crippen LogP contribution in [0.15, 0.2) is 34.9 Å². The molecule has 0 saturated carbocycles. The summed E-state index contributed by atoms with van der Waals surface area (Å²) in [7, 11) is 0. The number of nitrogens with two attached hydrogens (primary N) is 1. The highest BCUT2D eigenvalue weighted by Gasteiger charge is 2.25. The maximum Gasteiger partial charge on any atom is 0.248 e. The molecule has 0 aliphatic carbocycles. The molecule has 2 heterocycles. The molecule has 2 aromatic rings. The van der Waals surface area contributed by atoms with Gasteiger partial charge in [0.05, 0.1) is 0 Å². The van der Waals surface area contributed by atoms with Crippen LogP contribution >= 0.6 is 0 Å². The molecule has 1 saturated heterocycles. The van der Waals surface area contributed by atoms with Crippen LogP contribution in [0, 0.1) is 0 Å². The zero-order chi connectivity index (χ0) is 12.4. The van der Waals surface area contributed by atoms with Gasteiger partial charge in [-0.2, -0.15) is 4.98 Å². The second kappa shape index (κ2) is 4.88. The predicted octanol–water partition coefficient (Wildman–Crippen LogP) is 1.97. The van der Waals surface area contributed by atoms with Gasteiger partial charge in [0.1, 0.15) is 12.1 Å². The van der Waals surface area contributed by atoms with Gasteiger partial charge >= 0.3 is 0 Å². The van der Waals surface area contributed by atoms with Crippen molar-refractivity contribution in [1.82, 2.24) is 10.1 Å². The Morgan fingerprint density at radius 1 is 1.28 bits per heavy atom. The Morgan fingerprint density at radius 3 is 2.83 bits per heavy atom. The molecule has 1 aromatic carbocycles. The van der Waals surface area contributed by atoms with E-state index in [-0.39, 0.29) is 12.1 Å². The van der Waals surface area contributed by atoms with E-state index in [2.05, 4.69) is 10.1 Å². The summed E-state index contributed by atoms with van der Waals surface area (Å²) in [6.45, 7) is 0.763. The van der Waals surface area contributed by atoms with E-state index in [4.69, 9.17) is 15.0 Å². The molecule has 2 atom stereocenters. The van der Waals surface area contributed by atoms with Crippen LogP contribution in [0.1, 0.15) is 42.3 Å². The molecule has 1 aromatic heterocycles. The topological polar surface area (TPSA) is 74.2 Å². The highest BCUT2D eigenvalue weighted by Crippen LogP contribution is 2.27. The van der Waals surface area contributed by atoms with Gasteiger partial charge in [0.25, 0.3) is 0 Å². The van der Waals surface area contributed by atoms with E-state index in [1.54, 1.807) is 0 Å². The Labute approximate surface area is 105 Å². The van der Waals surface area contributed by atoms with E-state index < -0.39 is 0 Å². The average Bonchev–Trinajstić information content (AvgIpc) is 3.09. The zero-order valence-electron chi connectivity index (χ0n) is 9.95. The molecule has 5 nitrogen and oxygen atoms in total. The fraction of sp³-hybridized carbons (Fsp3) is 0.385. The second-order valence-electron chi connectivity index (χ2n) is 4.38. The summed E-state index contributed by atoms with van der Waals surface area (Å²) in [4.78, 5) is 4.34. The van der Waals surface area contributed by atoms with Crippen LogP contribution in [0.5, 0.6) is 0 Å². The zero-order valence-corrected chi connectivity index (χ0v) is 9.95. The van der Waals surface area contributed by atoms with Gasteiger partial charge in [-0.15, -0.1) is 0 Å². The fourth-order valence-corrected chi connectivity index (χ4v) is 2.09. The van der Waals surface area contributed by atoms with Crippen LogP contribution in [0.3, 0.4) is 0 Å². The number of hydrogen-bond acceptors (Lipinski definition) is 5. The molecule has 1 unspecified atom stereocenters. The average molecular weight is 245 g/mol. The molecule has 0 bridgehead atoms. The van der Waals surface area contributed by atoms with Crippen molar-refractivity contribution >= 4 is 0 Å². The van der Waals surface area contributed by atoms with E-state index in [9.17, 15) is 0 Å². The molecular formula is C13H15N3O2. The van der Waals surface area contributed by atoms with E-state index >= 15 is 0 Å². The first-order chi connectivity index (χ1) is 8.84. The minimum atomic E-state index is -0.381. The molecule has 3 rings (SSSR count). The third-order valence-electron chi connectivity index (χ3n) is 3.10. The lowest BCUT2D eigenvalue weighted by Crippen LogP contribution is -2.12. The second-order valence-corrected chi connectivity index (χ2v) is 4.38. The number of nitrogens with zero attached hydrogens (tertiary/aromatic N) is 2. The van der Waals surface area contributed by atoms with Crippen molar-refractivity contribution < 1.29 is 9.26 Å². The highest BCUT2D eigenvalue weighted by atomic mass is 16.5. The van der Waals surface area contributed by atoms with Crippen LogP contribution in [-0.4, -0.2) is 16.7 Å². The number of ether oxygens (including phenoxy) is 1. The Hall–Kier alpha value is -1.72. The standard InChI is InChI=1S/C13H15N3O2/c14-11(9-5-2-1-3-6-9)13-15-12(16-18-13)10-7-4-8-17-10/h1-3,5-6,10-11H,4,7-8,14H2/t10?,11-/m0/s1. The van der Waals surface area contributed by atoms with Crippen molar-refractivity contribution in [3.63, 3.8) is 0 Å². The van der Waals surface area contributed by atoms with Crippen molar-refractivity contribution in [3.05, 3.63) is 47.6 Å². The molecular weight excluding hydrogens is 230 g/mol. The Morgan fingerprint density at radius 2 is 2.11 bits per heavy atom. The summed E-state index contributed by atoms with van der Waals surface area (Å²) in [5.41, 5.74) is 7.05. The molecule has 0 spiro atoms. The van der Waals surface area contributed by atoms with Crippen molar-refractivity contribution in [1.29, 1.82) is 0 Å². The summed E-state index contributed by atoms with van der Waals surface area (Å²) in [6.07, 6.45) is 1.95. The highest BCUT2D eigenvalue weighted by molar-refractivity contribution is 5.23. The smallest absolute Gasteiger partial charge is 0.248 e. The first-order valence-corrected chi connectivity index (χ1v) is 6.10. The molecule has 0 radical (unpaired) electrons. The van der Waals surface area contributed by atoms with Crippen molar-refractivity contribution in [2.75, 3.05) is 6.61 Å². The quantitative estimate of drug-likeness (QED) is 0.894. The van der Waals surface area contributed by atoms with Crippen molar-refractivity contribution in [2.45, 2.75) is 25.0 Å². The predicted molar refractivity (Wildman–Crippen MR) is 64.7 cm³/mol. The number of benzene rings is 1. The van der Waals surface area contributed by atoms with Gasteiger partial charge in [0.15, 0.2) is 0 Å². The van der Waals surface area contributed by atoms with Gasteiger partial charge in [-0.25, -0.2) is 0 Å². The minimum Gasteiger partial charge on any atom is -0.370 e. The van der Waals surface area contributed by atoms with Gasteiger partial charge in [-0.3, -0.25) is 0 Å². The molecule has 0 amide bonds. The third kappa shape index (κ3) is 2.14. The Kier molecular flexibility index (Phi) is 3.08. The number of rotatable bonds is 3. The largest absolute Gasteiger partial charge is 0.370 e. The SMILES string of the molecule is N[C@@H](c1ccccc1)c1nc(C2CCCO2)no1. The van der Waals surface area contributed by atoms with Gasteiger partial charge in [0.2, 0.25) is 11.7 Å². The van der Waals surface area contributed by atoms with Gasteiger partial charge in [0, 0.05) is 6.61 Å². The molecule has 1 aliphatic rings. The lowest BCUT2D eigenvalue weighted by Gasteiger charge is -2.06. The molecule has 2 N–H and O–H groups in total. The Balaban J connectivity index is 1.80. The summed E-state index contributed by atoms with van der Waals surface area (Å²) >= 11 is 0. The summed E-state index contributed by atoms with van der Waals surface area (Å²) in [6, 6.07) is 9.33. The summed E-state index contributed by atoms with van der Waals surface area (Å²) < 4.78 is 10.7. The van der Waals surface area contributed by atoms with E-state index in [1.807, 2.05) is 30.3 Å². The van der Waals surface area contributed by atoms with Gasteiger partial charge < -0.3 is 15.0 Å². The van der Waals surface area contributed by atoms with E-state index in [1.165, 1.54) is 0 Å². The molecule has 94 valence electrons. The maximum atomic E-state index is 6.09. The maximum absolute atomic E-state index is 6.09. The fourth-order valence-electron chi connectivity index (χ4n) is 2.09.